The number of nitrogens with one attached hydrogen (secondary N) is 1. The van der Waals surface area contributed by atoms with Crippen molar-refractivity contribution in [2.45, 2.75) is 19.8 Å². The van der Waals surface area contributed by atoms with E-state index in [0.29, 0.717) is 18.9 Å². The van der Waals surface area contributed by atoms with Crippen molar-refractivity contribution < 1.29 is 13.5 Å². The van der Waals surface area contributed by atoms with Gasteiger partial charge in [0.2, 0.25) is 0 Å². The summed E-state index contributed by atoms with van der Waals surface area (Å²) in [5.41, 5.74) is 0.719. The van der Waals surface area contributed by atoms with Crippen molar-refractivity contribution in [2.75, 3.05) is 26.8 Å². The van der Waals surface area contributed by atoms with Crippen molar-refractivity contribution in [3.8, 4) is 0 Å². The molecule has 0 aliphatic rings. The van der Waals surface area contributed by atoms with E-state index in [2.05, 4.69) is 12.2 Å². The maximum Gasteiger partial charge on any atom is 0.126 e. The van der Waals surface area contributed by atoms with Gasteiger partial charge in [-0.25, -0.2) is 8.78 Å². The largest absolute Gasteiger partial charge is 0.383 e. The summed E-state index contributed by atoms with van der Waals surface area (Å²) >= 11 is 0. The van der Waals surface area contributed by atoms with Gasteiger partial charge in [-0.3, -0.25) is 0 Å². The van der Waals surface area contributed by atoms with E-state index in [1.807, 2.05) is 0 Å². The average molecular weight is 257 g/mol. The second-order valence-electron chi connectivity index (χ2n) is 4.62. The smallest absolute Gasteiger partial charge is 0.126 e. The van der Waals surface area contributed by atoms with Gasteiger partial charge in [-0.15, -0.1) is 0 Å². The molecule has 1 atom stereocenters. The van der Waals surface area contributed by atoms with Gasteiger partial charge in [0.15, 0.2) is 0 Å². The van der Waals surface area contributed by atoms with Crippen LogP contribution in [0.3, 0.4) is 0 Å². The van der Waals surface area contributed by atoms with Crippen molar-refractivity contribution in [2.24, 2.45) is 5.92 Å². The molecule has 1 N–H and O–H groups in total. The number of benzene rings is 1. The minimum Gasteiger partial charge on any atom is -0.383 e. The molecule has 0 saturated heterocycles. The zero-order valence-corrected chi connectivity index (χ0v) is 11.0. The van der Waals surface area contributed by atoms with Crippen LogP contribution in [0.25, 0.3) is 0 Å². The summed E-state index contributed by atoms with van der Waals surface area (Å²) < 4.78 is 30.9. The SMILES string of the molecule is COCCNCC(C)CCc1cc(F)cc(F)c1. The van der Waals surface area contributed by atoms with Gasteiger partial charge in [0, 0.05) is 19.7 Å². The quantitative estimate of drug-likeness (QED) is 0.723. The minimum atomic E-state index is -0.504. The molecule has 1 aromatic carbocycles. The highest BCUT2D eigenvalue weighted by Gasteiger charge is 2.05. The van der Waals surface area contributed by atoms with Crippen molar-refractivity contribution in [1.29, 1.82) is 0 Å². The van der Waals surface area contributed by atoms with Crippen LogP contribution in [0, 0.1) is 17.6 Å². The predicted molar refractivity (Wildman–Crippen MR) is 68.6 cm³/mol. The number of methoxy groups -OCH3 is 1. The maximum absolute atomic E-state index is 13.0. The number of aryl methyl sites for hydroxylation is 1. The summed E-state index contributed by atoms with van der Waals surface area (Å²) in [6.07, 6.45) is 1.60. The summed E-state index contributed by atoms with van der Waals surface area (Å²) in [6, 6.07) is 3.70. The summed E-state index contributed by atoms with van der Waals surface area (Å²) in [6.45, 7) is 4.54. The van der Waals surface area contributed by atoms with E-state index in [1.165, 1.54) is 12.1 Å². The van der Waals surface area contributed by atoms with Crippen molar-refractivity contribution >= 4 is 0 Å². The zero-order valence-electron chi connectivity index (χ0n) is 11.0. The molecule has 2 nitrogen and oxygen atoms in total. The Balaban J connectivity index is 2.26. The number of ether oxygens (including phenoxy) is 1. The fourth-order valence-electron chi connectivity index (χ4n) is 1.79. The summed E-state index contributed by atoms with van der Waals surface area (Å²) in [4.78, 5) is 0. The van der Waals surface area contributed by atoms with Crippen molar-refractivity contribution in [3.63, 3.8) is 0 Å². The van der Waals surface area contributed by atoms with Crippen LogP contribution in [0.1, 0.15) is 18.9 Å². The Hall–Kier alpha value is -1.00. The predicted octanol–water partition coefficient (Wildman–Crippen LogP) is 2.77. The van der Waals surface area contributed by atoms with Crippen LogP contribution in [-0.4, -0.2) is 26.8 Å². The lowest BCUT2D eigenvalue weighted by atomic mass is 10.0. The maximum atomic E-state index is 13.0. The summed E-state index contributed by atoms with van der Waals surface area (Å²) in [5, 5.41) is 3.27. The molecular formula is C14H21F2NO. The highest BCUT2D eigenvalue weighted by molar-refractivity contribution is 5.17. The Morgan fingerprint density at radius 2 is 1.89 bits per heavy atom. The van der Waals surface area contributed by atoms with Crippen LogP contribution in [0.2, 0.25) is 0 Å². The van der Waals surface area contributed by atoms with E-state index in [1.54, 1.807) is 7.11 Å². The molecule has 1 aromatic rings. The molecule has 0 spiro atoms. The average Bonchev–Trinajstić information content (AvgIpc) is 2.31. The zero-order chi connectivity index (χ0) is 13.4. The molecule has 0 fully saturated rings. The van der Waals surface area contributed by atoms with E-state index < -0.39 is 11.6 Å². The fourth-order valence-corrected chi connectivity index (χ4v) is 1.79. The molecule has 0 aromatic heterocycles. The molecule has 1 unspecified atom stereocenters. The van der Waals surface area contributed by atoms with Gasteiger partial charge >= 0.3 is 0 Å². The van der Waals surface area contributed by atoms with E-state index in [9.17, 15) is 8.78 Å². The van der Waals surface area contributed by atoms with Gasteiger partial charge in [0.25, 0.3) is 0 Å². The molecule has 0 bridgehead atoms. The molecule has 4 heteroatoms. The van der Waals surface area contributed by atoms with Gasteiger partial charge < -0.3 is 10.1 Å². The van der Waals surface area contributed by atoms with E-state index in [-0.39, 0.29) is 0 Å². The standard InChI is InChI=1S/C14H21F2NO/c1-11(10-17-5-6-18-2)3-4-12-7-13(15)9-14(16)8-12/h7-9,11,17H,3-6,10H2,1-2H3. The van der Waals surface area contributed by atoms with Gasteiger partial charge in [-0.05, 0) is 43.0 Å². The Morgan fingerprint density at radius 1 is 1.22 bits per heavy atom. The molecule has 0 aliphatic carbocycles. The van der Waals surface area contributed by atoms with Crippen LogP contribution in [-0.2, 0) is 11.2 Å². The van der Waals surface area contributed by atoms with Crippen LogP contribution < -0.4 is 5.32 Å². The molecule has 18 heavy (non-hydrogen) atoms. The molecule has 1 rings (SSSR count). The first kappa shape index (κ1) is 15.1. The van der Waals surface area contributed by atoms with Gasteiger partial charge in [-0.2, -0.15) is 0 Å². The Labute approximate surface area is 107 Å². The first-order valence-corrected chi connectivity index (χ1v) is 6.26. The van der Waals surface area contributed by atoms with Gasteiger partial charge in [0.05, 0.1) is 6.61 Å². The number of rotatable bonds is 8. The summed E-state index contributed by atoms with van der Waals surface area (Å²) in [7, 11) is 1.67. The van der Waals surface area contributed by atoms with E-state index >= 15 is 0 Å². The van der Waals surface area contributed by atoms with Crippen molar-refractivity contribution in [3.05, 3.63) is 35.4 Å². The molecular weight excluding hydrogens is 236 g/mol. The number of hydrogen-bond donors (Lipinski definition) is 1. The van der Waals surface area contributed by atoms with Crippen LogP contribution in [0.5, 0.6) is 0 Å². The molecule has 0 saturated carbocycles. The first-order chi connectivity index (χ1) is 8.61. The second kappa shape index (κ2) is 8.16. The summed E-state index contributed by atoms with van der Waals surface area (Å²) in [5.74, 6) is -0.542. The van der Waals surface area contributed by atoms with Crippen LogP contribution >= 0.6 is 0 Å². The second-order valence-corrected chi connectivity index (χ2v) is 4.62. The fraction of sp³-hybridized carbons (Fsp3) is 0.571. The molecule has 0 radical (unpaired) electrons. The van der Waals surface area contributed by atoms with Crippen LogP contribution in [0.4, 0.5) is 8.78 Å². The van der Waals surface area contributed by atoms with Crippen molar-refractivity contribution in [1.82, 2.24) is 5.32 Å². The molecule has 0 aliphatic heterocycles. The Bertz CT molecular complexity index is 337. The highest BCUT2D eigenvalue weighted by Crippen LogP contribution is 2.12. The molecule has 0 heterocycles. The first-order valence-electron chi connectivity index (χ1n) is 6.26. The number of halogens is 2. The van der Waals surface area contributed by atoms with Crippen LogP contribution in [0.15, 0.2) is 18.2 Å². The lowest BCUT2D eigenvalue weighted by Crippen LogP contribution is -2.25. The highest BCUT2D eigenvalue weighted by atomic mass is 19.1. The topological polar surface area (TPSA) is 21.3 Å². The lowest BCUT2D eigenvalue weighted by Gasteiger charge is -2.12. The monoisotopic (exact) mass is 257 g/mol. The molecule has 102 valence electrons. The lowest BCUT2D eigenvalue weighted by molar-refractivity contribution is 0.198. The van der Waals surface area contributed by atoms with E-state index in [0.717, 1.165) is 31.1 Å². The minimum absolute atomic E-state index is 0.466. The third-order valence-electron chi connectivity index (χ3n) is 2.82. The van der Waals surface area contributed by atoms with Gasteiger partial charge in [-0.1, -0.05) is 6.92 Å². The number of hydrogen-bond acceptors (Lipinski definition) is 2. The molecule has 0 amide bonds. The normalized spacial score (nSPS) is 12.7. The van der Waals surface area contributed by atoms with Gasteiger partial charge in [0.1, 0.15) is 11.6 Å². The Kier molecular flexibility index (Phi) is 6.83. The third kappa shape index (κ3) is 6.07. The van der Waals surface area contributed by atoms with E-state index in [4.69, 9.17) is 4.74 Å². The third-order valence-corrected chi connectivity index (χ3v) is 2.82. The Morgan fingerprint density at radius 3 is 2.50 bits per heavy atom.